The number of nitrogens with one attached hydrogen (secondary N) is 2. The van der Waals surface area contributed by atoms with Crippen molar-refractivity contribution in [1.29, 1.82) is 0 Å². The average molecular weight is 317 g/mol. The molecule has 0 bridgehead atoms. The summed E-state index contributed by atoms with van der Waals surface area (Å²) in [6, 6.07) is 5.54. The van der Waals surface area contributed by atoms with Gasteiger partial charge in [0.2, 0.25) is 0 Å². The fourth-order valence-corrected chi connectivity index (χ4v) is 2.94. The lowest BCUT2D eigenvalue weighted by molar-refractivity contribution is 0.102. The van der Waals surface area contributed by atoms with Gasteiger partial charge in [-0.2, -0.15) is 0 Å². The summed E-state index contributed by atoms with van der Waals surface area (Å²) >= 11 is 2.74. The number of hydrogen-bond acceptors (Lipinski definition) is 7. The molecule has 0 saturated heterocycles. The molecule has 0 aliphatic rings. The van der Waals surface area contributed by atoms with Gasteiger partial charge in [0, 0.05) is 17.0 Å². The highest BCUT2D eigenvalue weighted by Gasteiger charge is 2.12. The third kappa shape index (κ3) is 3.41. The van der Waals surface area contributed by atoms with Gasteiger partial charge in [0.15, 0.2) is 10.3 Å². The lowest BCUT2D eigenvalue weighted by Crippen LogP contribution is -2.12. The summed E-state index contributed by atoms with van der Waals surface area (Å²) in [4.78, 5) is 24.6. The number of pyridine rings is 1. The highest BCUT2D eigenvalue weighted by Crippen LogP contribution is 2.21. The first kappa shape index (κ1) is 13.7. The monoisotopic (exact) mass is 317 g/mol. The van der Waals surface area contributed by atoms with Gasteiger partial charge >= 0.3 is 0 Å². The predicted molar refractivity (Wildman–Crippen MR) is 84.4 cm³/mol. The lowest BCUT2D eigenvalue weighted by atomic mass is 10.4. The SMILES string of the molecule is Cc1csc(NC(=O)c2csc(Nc3ccccn3)n2)n1. The molecular formula is C13H11N5OS2. The smallest absolute Gasteiger partial charge is 0.276 e. The Bertz CT molecular complexity index is 753. The lowest BCUT2D eigenvalue weighted by Gasteiger charge is -2.00. The molecule has 0 aromatic carbocycles. The number of nitrogens with zero attached hydrogens (tertiary/aromatic N) is 3. The van der Waals surface area contributed by atoms with Crippen LogP contribution >= 0.6 is 22.7 Å². The van der Waals surface area contributed by atoms with Crippen LogP contribution in [0.5, 0.6) is 0 Å². The second-order valence-electron chi connectivity index (χ2n) is 4.13. The van der Waals surface area contributed by atoms with Crippen molar-refractivity contribution >= 4 is 44.7 Å². The molecule has 0 aliphatic carbocycles. The van der Waals surface area contributed by atoms with E-state index < -0.39 is 0 Å². The second kappa shape index (κ2) is 5.98. The van der Waals surface area contributed by atoms with Crippen molar-refractivity contribution in [3.8, 4) is 0 Å². The number of hydrogen-bond donors (Lipinski definition) is 2. The van der Waals surface area contributed by atoms with Gasteiger partial charge in [-0.1, -0.05) is 6.07 Å². The zero-order chi connectivity index (χ0) is 14.7. The summed E-state index contributed by atoms with van der Waals surface area (Å²) in [5.74, 6) is 0.420. The van der Waals surface area contributed by atoms with Crippen molar-refractivity contribution in [2.24, 2.45) is 0 Å². The van der Waals surface area contributed by atoms with Gasteiger partial charge in [0.05, 0.1) is 5.69 Å². The van der Waals surface area contributed by atoms with Gasteiger partial charge in [-0.3, -0.25) is 10.1 Å². The number of rotatable bonds is 4. The van der Waals surface area contributed by atoms with Crippen molar-refractivity contribution in [1.82, 2.24) is 15.0 Å². The molecule has 1 amide bonds. The van der Waals surface area contributed by atoms with Crippen molar-refractivity contribution in [2.45, 2.75) is 6.92 Å². The summed E-state index contributed by atoms with van der Waals surface area (Å²) in [6.45, 7) is 1.88. The maximum absolute atomic E-state index is 12.0. The van der Waals surface area contributed by atoms with Crippen molar-refractivity contribution in [3.05, 3.63) is 46.5 Å². The molecule has 0 atom stereocenters. The molecule has 3 heterocycles. The largest absolute Gasteiger partial charge is 0.316 e. The molecule has 2 N–H and O–H groups in total. The second-order valence-corrected chi connectivity index (χ2v) is 5.84. The number of aryl methyl sites for hydroxylation is 1. The Hall–Kier alpha value is -2.32. The Morgan fingerprint density at radius 1 is 1.14 bits per heavy atom. The van der Waals surface area contributed by atoms with Crippen LogP contribution in [0.1, 0.15) is 16.2 Å². The molecule has 3 aromatic rings. The highest BCUT2D eigenvalue weighted by atomic mass is 32.1. The molecule has 8 heteroatoms. The number of carbonyl (C=O) groups is 1. The molecular weight excluding hydrogens is 306 g/mol. The van der Waals surface area contributed by atoms with Crippen LogP contribution in [0, 0.1) is 6.92 Å². The molecule has 0 unspecified atom stereocenters. The Kier molecular flexibility index (Phi) is 3.89. The van der Waals surface area contributed by atoms with Gasteiger partial charge in [-0.25, -0.2) is 15.0 Å². The fraction of sp³-hybridized carbons (Fsp3) is 0.0769. The van der Waals surface area contributed by atoms with Gasteiger partial charge in [0.25, 0.3) is 5.91 Å². The first-order valence-corrected chi connectivity index (χ1v) is 7.84. The standard InChI is InChI=1S/C13H11N5OS2/c1-8-6-20-12(15-8)18-11(19)9-7-21-13(16-9)17-10-4-2-3-5-14-10/h2-7H,1H3,(H,14,16,17)(H,15,18,19). The quantitative estimate of drug-likeness (QED) is 0.772. The van der Waals surface area contributed by atoms with Gasteiger partial charge in [-0.15, -0.1) is 22.7 Å². The van der Waals surface area contributed by atoms with E-state index in [0.717, 1.165) is 5.69 Å². The minimum Gasteiger partial charge on any atom is -0.316 e. The van der Waals surface area contributed by atoms with Crippen molar-refractivity contribution in [2.75, 3.05) is 10.6 Å². The van der Waals surface area contributed by atoms with Crippen molar-refractivity contribution < 1.29 is 4.79 Å². The predicted octanol–water partition coefficient (Wildman–Crippen LogP) is 3.30. The van der Waals surface area contributed by atoms with Gasteiger partial charge in [-0.05, 0) is 19.1 Å². The van der Waals surface area contributed by atoms with E-state index in [-0.39, 0.29) is 5.91 Å². The van der Waals surface area contributed by atoms with Crippen LogP contribution in [-0.2, 0) is 0 Å². The van der Waals surface area contributed by atoms with Crippen LogP contribution in [0.15, 0.2) is 35.2 Å². The zero-order valence-corrected chi connectivity index (χ0v) is 12.7. The van der Waals surface area contributed by atoms with Gasteiger partial charge in [0.1, 0.15) is 11.5 Å². The molecule has 3 rings (SSSR count). The summed E-state index contributed by atoms with van der Waals surface area (Å²) in [6.07, 6.45) is 1.69. The molecule has 0 radical (unpaired) electrons. The zero-order valence-electron chi connectivity index (χ0n) is 11.0. The van der Waals surface area contributed by atoms with E-state index in [0.29, 0.717) is 21.8 Å². The Morgan fingerprint density at radius 2 is 2.00 bits per heavy atom. The Balaban J connectivity index is 1.68. The molecule has 0 saturated carbocycles. The first-order valence-electron chi connectivity index (χ1n) is 6.08. The number of carbonyl (C=O) groups excluding carboxylic acids is 1. The average Bonchev–Trinajstić information content (AvgIpc) is 3.09. The summed E-state index contributed by atoms with van der Waals surface area (Å²) in [5, 5.41) is 10.5. The van der Waals surface area contributed by atoms with E-state index in [4.69, 9.17) is 0 Å². The van der Waals surface area contributed by atoms with E-state index in [2.05, 4.69) is 25.6 Å². The van der Waals surface area contributed by atoms with Crippen LogP contribution in [0.2, 0.25) is 0 Å². The van der Waals surface area contributed by atoms with Crippen LogP contribution in [-0.4, -0.2) is 20.9 Å². The van der Waals surface area contributed by atoms with Crippen LogP contribution in [0.4, 0.5) is 16.1 Å². The molecule has 6 nitrogen and oxygen atoms in total. The minimum atomic E-state index is -0.269. The number of amides is 1. The maximum atomic E-state index is 12.0. The van der Waals surface area contributed by atoms with E-state index in [1.165, 1.54) is 22.7 Å². The molecule has 21 heavy (non-hydrogen) atoms. The van der Waals surface area contributed by atoms with Crippen LogP contribution in [0.25, 0.3) is 0 Å². The summed E-state index contributed by atoms with van der Waals surface area (Å²) < 4.78 is 0. The maximum Gasteiger partial charge on any atom is 0.276 e. The Labute approximate surface area is 128 Å². The van der Waals surface area contributed by atoms with E-state index in [1.807, 2.05) is 30.5 Å². The fourth-order valence-electron chi connectivity index (χ4n) is 1.55. The van der Waals surface area contributed by atoms with Crippen LogP contribution in [0.3, 0.4) is 0 Å². The van der Waals surface area contributed by atoms with Gasteiger partial charge < -0.3 is 5.32 Å². The van der Waals surface area contributed by atoms with E-state index in [1.54, 1.807) is 11.6 Å². The highest BCUT2D eigenvalue weighted by molar-refractivity contribution is 7.14. The topological polar surface area (TPSA) is 79.8 Å². The minimum absolute atomic E-state index is 0.269. The first-order chi connectivity index (χ1) is 10.2. The normalized spacial score (nSPS) is 10.3. The van der Waals surface area contributed by atoms with Crippen LogP contribution < -0.4 is 10.6 Å². The molecule has 0 spiro atoms. The number of anilines is 3. The third-order valence-corrected chi connectivity index (χ3v) is 4.11. The third-order valence-electron chi connectivity index (χ3n) is 2.48. The number of aromatic nitrogens is 3. The van der Waals surface area contributed by atoms with Crippen molar-refractivity contribution in [3.63, 3.8) is 0 Å². The van der Waals surface area contributed by atoms with E-state index in [9.17, 15) is 4.79 Å². The molecule has 3 aromatic heterocycles. The molecule has 0 aliphatic heterocycles. The molecule has 0 fully saturated rings. The summed E-state index contributed by atoms with van der Waals surface area (Å²) in [5.41, 5.74) is 1.23. The Morgan fingerprint density at radius 3 is 2.71 bits per heavy atom. The summed E-state index contributed by atoms with van der Waals surface area (Å²) in [7, 11) is 0. The number of thiazole rings is 2. The van der Waals surface area contributed by atoms with E-state index >= 15 is 0 Å². The molecule has 106 valence electrons.